The van der Waals surface area contributed by atoms with Crippen molar-refractivity contribution in [2.75, 3.05) is 5.73 Å². The van der Waals surface area contributed by atoms with Crippen LogP contribution in [0.4, 0.5) is 5.69 Å². The van der Waals surface area contributed by atoms with Gasteiger partial charge in [0.2, 0.25) is 0 Å². The van der Waals surface area contributed by atoms with Crippen molar-refractivity contribution in [3.05, 3.63) is 22.7 Å². The summed E-state index contributed by atoms with van der Waals surface area (Å²) in [6.45, 7) is 0.373. The third-order valence-electron chi connectivity index (χ3n) is 1.16. The maximum Gasteiger partial charge on any atom is 0.298 e. The van der Waals surface area contributed by atoms with Gasteiger partial charge in [-0.05, 0) is 34.1 Å². The first-order chi connectivity index (χ1) is 5.24. The van der Waals surface area contributed by atoms with Gasteiger partial charge in [-0.1, -0.05) is 0 Å². The maximum atomic E-state index is 9.90. The zero-order chi connectivity index (χ0) is 8.27. The first kappa shape index (κ1) is 8.07. The summed E-state index contributed by atoms with van der Waals surface area (Å²) in [5, 5.41) is 0. The molecule has 0 aliphatic rings. The number of carbonyl (C=O) groups is 1. The lowest BCUT2D eigenvalue weighted by Crippen LogP contribution is -1.90. The monoisotopic (exact) mass is 215 g/mol. The lowest BCUT2D eigenvalue weighted by Gasteiger charge is -1.99. The summed E-state index contributed by atoms with van der Waals surface area (Å²) in [6.07, 6.45) is 0. The van der Waals surface area contributed by atoms with Crippen LogP contribution >= 0.6 is 15.9 Å². The van der Waals surface area contributed by atoms with Crippen molar-refractivity contribution in [1.82, 2.24) is 0 Å². The van der Waals surface area contributed by atoms with Gasteiger partial charge in [-0.3, -0.25) is 4.79 Å². The quantitative estimate of drug-likeness (QED) is 0.602. The average molecular weight is 216 g/mol. The van der Waals surface area contributed by atoms with Gasteiger partial charge in [-0.15, -0.1) is 0 Å². The normalized spacial score (nSPS) is 9.18. The molecule has 0 radical (unpaired) electrons. The van der Waals surface area contributed by atoms with Crippen molar-refractivity contribution in [2.45, 2.75) is 0 Å². The average Bonchev–Trinajstić information content (AvgIpc) is 1.98. The second kappa shape index (κ2) is 3.39. The molecule has 0 spiro atoms. The number of hydrogen-bond acceptors (Lipinski definition) is 3. The molecule has 0 atom stereocenters. The molecule has 0 unspecified atom stereocenters. The summed E-state index contributed by atoms with van der Waals surface area (Å²) < 4.78 is 5.29. The lowest BCUT2D eigenvalue weighted by molar-refractivity contribution is -0.120. The van der Waals surface area contributed by atoms with Crippen LogP contribution in [0.25, 0.3) is 0 Å². The highest BCUT2D eigenvalue weighted by Gasteiger charge is 1.97. The molecule has 1 rings (SSSR count). The van der Waals surface area contributed by atoms with E-state index in [2.05, 4.69) is 20.7 Å². The fourth-order valence-electron chi connectivity index (χ4n) is 0.637. The van der Waals surface area contributed by atoms with Crippen LogP contribution in [0.1, 0.15) is 0 Å². The molecule has 3 nitrogen and oxygen atoms in total. The van der Waals surface area contributed by atoms with E-state index in [1.807, 2.05) is 0 Å². The number of halogens is 1. The number of nitrogens with two attached hydrogens (primary N) is 1. The van der Waals surface area contributed by atoms with E-state index in [4.69, 9.17) is 5.73 Å². The molecule has 0 fully saturated rings. The fourth-order valence-corrected chi connectivity index (χ4v) is 0.995. The fraction of sp³-hybridized carbons (Fsp3) is 0. The van der Waals surface area contributed by atoms with Gasteiger partial charge in [0, 0.05) is 10.2 Å². The number of hydrogen-bond donors (Lipinski definition) is 1. The Kier molecular flexibility index (Phi) is 2.48. The molecule has 0 aromatic heterocycles. The highest BCUT2D eigenvalue weighted by Crippen LogP contribution is 2.24. The van der Waals surface area contributed by atoms with Gasteiger partial charge >= 0.3 is 0 Å². The molecule has 2 N–H and O–H groups in total. The van der Waals surface area contributed by atoms with E-state index in [1.54, 1.807) is 18.2 Å². The van der Waals surface area contributed by atoms with Gasteiger partial charge in [0.05, 0.1) is 0 Å². The molecular weight excluding hydrogens is 210 g/mol. The Morgan fingerprint density at radius 1 is 1.55 bits per heavy atom. The summed E-state index contributed by atoms with van der Waals surface area (Å²) in [5.41, 5.74) is 6.11. The molecule has 0 aliphatic heterocycles. The zero-order valence-corrected chi connectivity index (χ0v) is 7.17. The standard InChI is InChI=1S/C7H6BrNO2/c8-6-3-5(11-4-10)1-2-7(6)9/h1-4H,9H2. The highest BCUT2D eigenvalue weighted by molar-refractivity contribution is 9.10. The van der Waals surface area contributed by atoms with Crippen LogP contribution in [-0.4, -0.2) is 6.47 Å². The van der Waals surface area contributed by atoms with E-state index >= 15 is 0 Å². The summed E-state index contributed by atoms with van der Waals surface area (Å²) >= 11 is 3.20. The van der Waals surface area contributed by atoms with Gasteiger partial charge in [0.15, 0.2) is 0 Å². The zero-order valence-electron chi connectivity index (χ0n) is 5.58. The van der Waals surface area contributed by atoms with Gasteiger partial charge in [-0.25, -0.2) is 0 Å². The summed E-state index contributed by atoms with van der Waals surface area (Å²) in [6, 6.07) is 4.90. The summed E-state index contributed by atoms with van der Waals surface area (Å²) in [5.74, 6) is 0.473. The topological polar surface area (TPSA) is 52.3 Å². The van der Waals surface area contributed by atoms with Crippen molar-refractivity contribution in [2.24, 2.45) is 0 Å². The van der Waals surface area contributed by atoms with Crippen molar-refractivity contribution in [1.29, 1.82) is 0 Å². The molecule has 0 amide bonds. The van der Waals surface area contributed by atoms with E-state index < -0.39 is 0 Å². The molecule has 0 bridgehead atoms. The first-order valence-electron chi connectivity index (χ1n) is 2.89. The predicted molar refractivity (Wildman–Crippen MR) is 45.2 cm³/mol. The Morgan fingerprint density at radius 2 is 2.27 bits per heavy atom. The van der Waals surface area contributed by atoms with Gasteiger partial charge in [0.1, 0.15) is 5.75 Å². The Morgan fingerprint density at radius 3 is 2.82 bits per heavy atom. The van der Waals surface area contributed by atoms with E-state index in [0.717, 1.165) is 4.47 Å². The van der Waals surface area contributed by atoms with Gasteiger partial charge < -0.3 is 10.5 Å². The summed E-state index contributed by atoms with van der Waals surface area (Å²) in [4.78, 5) is 9.90. The SMILES string of the molecule is Nc1ccc(OC=O)cc1Br. The van der Waals surface area contributed by atoms with Gasteiger partial charge in [0.25, 0.3) is 6.47 Å². The number of rotatable bonds is 2. The second-order valence-electron chi connectivity index (χ2n) is 1.90. The maximum absolute atomic E-state index is 9.90. The van der Waals surface area contributed by atoms with E-state index in [9.17, 15) is 4.79 Å². The van der Waals surface area contributed by atoms with Crippen LogP contribution in [0.5, 0.6) is 5.75 Å². The third kappa shape index (κ3) is 1.94. The van der Waals surface area contributed by atoms with Crippen LogP contribution < -0.4 is 10.5 Å². The van der Waals surface area contributed by atoms with Crippen molar-refractivity contribution in [3.63, 3.8) is 0 Å². The molecule has 0 saturated carbocycles. The molecule has 58 valence electrons. The highest BCUT2D eigenvalue weighted by atomic mass is 79.9. The molecule has 4 heteroatoms. The Bertz CT molecular complexity index is 275. The number of ether oxygens (including phenoxy) is 1. The molecular formula is C7H6BrNO2. The molecule has 0 saturated heterocycles. The Labute approximate surface area is 72.3 Å². The second-order valence-corrected chi connectivity index (χ2v) is 2.75. The van der Waals surface area contributed by atoms with Crippen LogP contribution in [0, 0.1) is 0 Å². The van der Waals surface area contributed by atoms with Crippen LogP contribution in [0.2, 0.25) is 0 Å². The van der Waals surface area contributed by atoms with Crippen molar-refractivity contribution in [3.8, 4) is 5.75 Å². The number of benzene rings is 1. The number of nitrogen functional groups attached to an aromatic ring is 1. The molecule has 0 heterocycles. The smallest absolute Gasteiger partial charge is 0.298 e. The van der Waals surface area contributed by atoms with Crippen LogP contribution in [0.15, 0.2) is 22.7 Å². The third-order valence-corrected chi connectivity index (χ3v) is 1.84. The van der Waals surface area contributed by atoms with Crippen LogP contribution in [0.3, 0.4) is 0 Å². The van der Waals surface area contributed by atoms with E-state index in [0.29, 0.717) is 17.9 Å². The molecule has 1 aromatic rings. The van der Waals surface area contributed by atoms with Crippen molar-refractivity contribution >= 4 is 28.1 Å². The minimum Gasteiger partial charge on any atom is -0.429 e. The minimum absolute atomic E-state index is 0.373. The largest absolute Gasteiger partial charge is 0.429 e. The first-order valence-corrected chi connectivity index (χ1v) is 3.68. The molecule has 11 heavy (non-hydrogen) atoms. The lowest BCUT2D eigenvalue weighted by atomic mass is 10.3. The van der Waals surface area contributed by atoms with Crippen LogP contribution in [-0.2, 0) is 4.79 Å². The Balaban J connectivity index is 2.95. The molecule has 0 aliphatic carbocycles. The predicted octanol–water partition coefficient (Wildman–Crippen LogP) is 1.57. The number of carbonyl (C=O) groups excluding carboxylic acids is 1. The number of anilines is 1. The van der Waals surface area contributed by atoms with E-state index in [1.165, 1.54) is 0 Å². The minimum atomic E-state index is 0.373. The molecule has 1 aromatic carbocycles. The Hall–Kier alpha value is -1.03. The van der Waals surface area contributed by atoms with Gasteiger partial charge in [-0.2, -0.15) is 0 Å². The summed E-state index contributed by atoms with van der Waals surface area (Å²) in [7, 11) is 0. The van der Waals surface area contributed by atoms with Crippen molar-refractivity contribution < 1.29 is 9.53 Å². The van der Waals surface area contributed by atoms with E-state index in [-0.39, 0.29) is 0 Å².